The second-order valence-electron chi connectivity index (χ2n) is 3.69. The first kappa shape index (κ1) is 11.6. The van der Waals surface area contributed by atoms with Crippen LogP contribution in [-0.4, -0.2) is 42.4 Å². The lowest BCUT2D eigenvalue weighted by Gasteiger charge is -2.09. The summed E-state index contributed by atoms with van der Waals surface area (Å²) in [4.78, 5) is 21.7. The molecular weight excluding hydrogens is 226 g/mol. The number of rotatable bonds is 4. The molecule has 2 aromatic rings. The Balaban J connectivity index is 2.39. The molecule has 8 nitrogen and oxygen atoms in total. The van der Waals surface area contributed by atoms with Crippen LogP contribution in [-0.2, 0) is 6.54 Å². The number of nitrogens with zero attached hydrogens (tertiary/aromatic N) is 3. The van der Waals surface area contributed by atoms with E-state index in [4.69, 9.17) is 10.8 Å². The highest BCUT2D eigenvalue weighted by Crippen LogP contribution is 2.08. The van der Waals surface area contributed by atoms with Gasteiger partial charge in [-0.1, -0.05) is 0 Å². The first-order valence-electron chi connectivity index (χ1n) is 5.11. The van der Waals surface area contributed by atoms with Gasteiger partial charge >= 0.3 is 0 Å². The number of aliphatic hydroxyl groups excluding tert-OH is 2. The Hall–Kier alpha value is -1.93. The highest BCUT2D eigenvalue weighted by Gasteiger charge is 2.12. The van der Waals surface area contributed by atoms with Gasteiger partial charge in [-0.05, 0) is 6.42 Å². The van der Waals surface area contributed by atoms with Crippen molar-refractivity contribution in [1.82, 2.24) is 19.5 Å². The van der Waals surface area contributed by atoms with E-state index in [1.54, 1.807) is 0 Å². The van der Waals surface area contributed by atoms with Crippen molar-refractivity contribution in [3.8, 4) is 0 Å². The van der Waals surface area contributed by atoms with Gasteiger partial charge in [0.1, 0.15) is 0 Å². The van der Waals surface area contributed by atoms with Gasteiger partial charge in [-0.3, -0.25) is 9.78 Å². The molecule has 1 atom stereocenters. The summed E-state index contributed by atoms with van der Waals surface area (Å²) >= 11 is 0. The van der Waals surface area contributed by atoms with Gasteiger partial charge in [0.25, 0.3) is 5.56 Å². The van der Waals surface area contributed by atoms with Crippen LogP contribution in [0.5, 0.6) is 0 Å². The maximum Gasteiger partial charge on any atom is 0.280 e. The molecule has 0 radical (unpaired) electrons. The van der Waals surface area contributed by atoms with Gasteiger partial charge in [-0.15, -0.1) is 0 Å². The minimum absolute atomic E-state index is 0.000831. The molecule has 92 valence electrons. The van der Waals surface area contributed by atoms with E-state index < -0.39 is 11.7 Å². The number of hydrogen-bond acceptors (Lipinski definition) is 6. The summed E-state index contributed by atoms with van der Waals surface area (Å²) in [5.74, 6) is 0.000831. The molecule has 2 aromatic heterocycles. The van der Waals surface area contributed by atoms with Crippen molar-refractivity contribution < 1.29 is 10.2 Å². The van der Waals surface area contributed by atoms with Crippen molar-refractivity contribution in [1.29, 1.82) is 0 Å². The average molecular weight is 239 g/mol. The number of nitrogens with two attached hydrogens (primary N) is 1. The summed E-state index contributed by atoms with van der Waals surface area (Å²) in [5.41, 5.74) is 5.52. The van der Waals surface area contributed by atoms with Crippen LogP contribution >= 0.6 is 0 Å². The molecule has 8 heteroatoms. The molecule has 2 heterocycles. The Morgan fingerprint density at radius 2 is 2.35 bits per heavy atom. The molecule has 17 heavy (non-hydrogen) atoms. The number of nitrogen functional groups attached to an aromatic ring is 1. The van der Waals surface area contributed by atoms with Crippen LogP contribution in [0.2, 0.25) is 0 Å². The normalized spacial score (nSPS) is 13.1. The number of H-pyrrole nitrogens is 1. The number of nitrogens with one attached hydrogen (secondary N) is 1. The van der Waals surface area contributed by atoms with Crippen molar-refractivity contribution in [2.45, 2.75) is 19.1 Å². The summed E-state index contributed by atoms with van der Waals surface area (Å²) in [6.07, 6.45) is 0.936. The number of aliphatic hydroxyl groups is 2. The summed E-state index contributed by atoms with van der Waals surface area (Å²) in [6.45, 7) is 0.0941. The van der Waals surface area contributed by atoms with Gasteiger partial charge in [0.15, 0.2) is 11.2 Å². The smallest absolute Gasteiger partial charge is 0.280 e. The molecular formula is C9H13N5O3. The molecule has 0 aromatic carbocycles. The summed E-state index contributed by atoms with van der Waals surface area (Å²) in [5, 5.41) is 18.3. The SMILES string of the molecule is Nc1nc2c(ncn2CC(O)CCO)c(=O)[nH]1. The third kappa shape index (κ3) is 2.27. The van der Waals surface area contributed by atoms with Gasteiger partial charge in [-0.25, -0.2) is 4.98 Å². The van der Waals surface area contributed by atoms with Crippen LogP contribution in [0.3, 0.4) is 0 Å². The zero-order valence-corrected chi connectivity index (χ0v) is 9.00. The van der Waals surface area contributed by atoms with E-state index in [-0.39, 0.29) is 31.0 Å². The van der Waals surface area contributed by atoms with Crippen molar-refractivity contribution >= 4 is 17.1 Å². The molecule has 0 aliphatic heterocycles. The number of hydrogen-bond donors (Lipinski definition) is 4. The van der Waals surface area contributed by atoms with Crippen LogP contribution in [0.15, 0.2) is 11.1 Å². The van der Waals surface area contributed by atoms with E-state index in [2.05, 4.69) is 15.0 Å². The van der Waals surface area contributed by atoms with Crippen LogP contribution in [0, 0.1) is 0 Å². The predicted molar refractivity (Wildman–Crippen MR) is 60.3 cm³/mol. The van der Waals surface area contributed by atoms with Crippen molar-refractivity contribution in [3.05, 3.63) is 16.7 Å². The number of fused-ring (bicyclic) bond motifs is 1. The van der Waals surface area contributed by atoms with Gasteiger partial charge in [-0.2, -0.15) is 4.98 Å². The second-order valence-corrected chi connectivity index (χ2v) is 3.69. The van der Waals surface area contributed by atoms with Crippen molar-refractivity contribution in [2.24, 2.45) is 0 Å². The van der Waals surface area contributed by atoms with E-state index in [9.17, 15) is 9.90 Å². The lowest BCUT2D eigenvalue weighted by molar-refractivity contribution is 0.118. The summed E-state index contributed by atoms with van der Waals surface area (Å²) in [7, 11) is 0. The van der Waals surface area contributed by atoms with Crippen LogP contribution in [0.1, 0.15) is 6.42 Å². The van der Waals surface area contributed by atoms with E-state index in [1.807, 2.05) is 0 Å². The molecule has 0 fully saturated rings. The highest BCUT2D eigenvalue weighted by atomic mass is 16.3. The van der Waals surface area contributed by atoms with Crippen LogP contribution < -0.4 is 11.3 Å². The Morgan fingerprint density at radius 1 is 1.59 bits per heavy atom. The molecule has 5 N–H and O–H groups in total. The van der Waals surface area contributed by atoms with E-state index in [0.717, 1.165) is 0 Å². The molecule has 0 saturated carbocycles. The first-order valence-corrected chi connectivity index (χ1v) is 5.11. The molecule has 2 rings (SSSR count). The Bertz CT molecular complexity index is 576. The number of anilines is 1. The molecule has 1 unspecified atom stereocenters. The standard InChI is InChI=1S/C9H13N5O3/c10-9-12-7-6(8(17)13-9)11-4-14(7)3-5(16)1-2-15/h4-5,15-16H,1-3H2,(H3,10,12,13,17). The quantitative estimate of drug-likeness (QED) is 0.510. The van der Waals surface area contributed by atoms with Crippen molar-refractivity contribution in [3.63, 3.8) is 0 Å². The maximum absolute atomic E-state index is 11.5. The van der Waals surface area contributed by atoms with E-state index >= 15 is 0 Å². The van der Waals surface area contributed by atoms with Gasteiger partial charge < -0.3 is 20.5 Å². The molecule has 0 aliphatic carbocycles. The summed E-state index contributed by atoms with van der Waals surface area (Å²) < 4.78 is 1.53. The maximum atomic E-state index is 11.5. The Morgan fingerprint density at radius 3 is 3.06 bits per heavy atom. The molecule has 0 aliphatic rings. The number of aromatic nitrogens is 4. The lowest BCUT2D eigenvalue weighted by Crippen LogP contribution is -2.18. The van der Waals surface area contributed by atoms with Gasteiger partial charge in [0.2, 0.25) is 5.95 Å². The monoisotopic (exact) mass is 239 g/mol. The van der Waals surface area contributed by atoms with Crippen molar-refractivity contribution in [2.75, 3.05) is 12.3 Å². The zero-order chi connectivity index (χ0) is 12.4. The fraction of sp³-hybridized carbons (Fsp3) is 0.444. The fourth-order valence-electron chi connectivity index (χ4n) is 1.57. The third-order valence-electron chi connectivity index (χ3n) is 2.36. The van der Waals surface area contributed by atoms with Crippen LogP contribution in [0.4, 0.5) is 5.95 Å². The van der Waals surface area contributed by atoms with E-state index in [1.165, 1.54) is 10.9 Å². The largest absolute Gasteiger partial charge is 0.396 e. The Kier molecular flexibility index (Phi) is 3.07. The molecule has 0 spiro atoms. The zero-order valence-electron chi connectivity index (χ0n) is 9.00. The minimum atomic E-state index is -0.722. The minimum Gasteiger partial charge on any atom is -0.396 e. The predicted octanol–water partition coefficient (Wildman–Crippen LogP) is -1.55. The lowest BCUT2D eigenvalue weighted by atomic mass is 10.2. The Labute approximate surface area is 95.7 Å². The molecule has 0 bridgehead atoms. The first-order chi connectivity index (χ1) is 8.11. The average Bonchev–Trinajstić information content (AvgIpc) is 2.62. The molecule has 0 saturated heterocycles. The number of imidazole rings is 1. The fourth-order valence-corrected chi connectivity index (χ4v) is 1.57. The number of aromatic amines is 1. The third-order valence-corrected chi connectivity index (χ3v) is 2.36. The second kappa shape index (κ2) is 4.52. The van der Waals surface area contributed by atoms with Crippen LogP contribution in [0.25, 0.3) is 11.2 Å². The topological polar surface area (TPSA) is 130 Å². The van der Waals surface area contributed by atoms with Gasteiger partial charge in [0.05, 0.1) is 19.0 Å². The summed E-state index contributed by atoms with van der Waals surface area (Å²) in [6, 6.07) is 0. The van der Waals surface area contributed by atoms with Gasteiger partial charge in [0, 0.05) is 6.61 Å². The van der Waals surface area contributed by atoms with E-state index in [0.29, 0.717) is 5.65 Å². The highest BCUT2D eigenvalue weighted by molar-refractivity contribution is 5.70. The molecule has 0 amide bonds.